The Balaban J connectivity index is 1.89. The summed E-state index contributed by atoms with van der Waals surface area (Å²) in [5.74, 6) is -1.15. The Hall–Kier alpha value is -2.36. The minimum absolute atomic E-state index is 0.103. The van der Waals surface area contributed by atoms with Crippen molar-refractivity contribution < 1.29 is 14.3 Å². The molecule has 0 spiro atoms. The van der Waals surface area contributed by atoms with E-state index >= 15 is 0 Å². The molecule has 1 aliphatic rings. The zero-order valence-electron chi connectivity index (χ0n) is 10.8. The number of benzene rings is 2. The monoisotopic (exact) mass is 271 g/mol. The van der Waals surface area contributed by atoms with Crippen molar-refractivity contribution in [1.29, 1.82) is 0 Å². The number of phenolic OH excluding ortho intramolecular Hbond substituents is 1. The number of carbonyl (C=O) groups is 1. The second-order valence-electron chi connectivity index (χ2n) is 4.99. The highest BCUT2D eigenvalue weighted by atomic mass is 19.1. The van der Waals surface area contributed by atoms with E-state index in [1.165, 1.54) is 12.1 Å². The van der Waals surface area contributed by atoms with Crippen LogP contribution in [0.25, 0.3) is 11.1 Å². The molecule has 0 atom stereocenters. The highest BCUT2D eigenvalue weighted by Crippen LogP contribution is 2.26. The van der Waals surface area contributed by atoms with E-state index < -0.39 is 5.82 Å². The summed E-state index contributed by atoms with van der Waals surface area (Å²) in [4.78, 5) is 12.0. The molecule has 1 fully saturated rings. The Morgan fingerprint density at radius 1 is 1.15 bits per heavy atom. The van der Waals surface area contributed by atoms with E-state index in [-0.39, 0.29) is 11.7 Å². The van der Waals surface area contributed by atoms with Gasteiger partial charge in [-0.05, 0) is 48.2 Å². The number of hydrogen-bond acceptors (Lipinski definition) is 2. The molecule has 0 unspecified atom stereocenters. The third-order valence-corrected chi connectivity index (χ3v) is 3.32. The first-order valence-corrected chi connectivity index (χ1v) is 6.53. The van der Waals surface area contributed by atoms with Gasteiger partial charge in [0.05, 0.1) is 0 Å². The third-order valence-electron chi connectivity index (χ3n) is 3.32. The molecule has 0 heterocycles. The van der Waals surface area contributed by atoms with Gasteiger partial charge in [0, 0.05) is 11.6 Å². The Morgan fingerprint density at radius 3 is 2.60 bits per heavy atom. The van der Waals surface area contributed by atoms with E-state index in [0.717, 1.165) is 18.4 Å². The molecule has 3 rings (SSSR count). The molecule has 0 bridgehead atoms. The van der Waals surface area contributed by atoms with Gasteiger partial charge in [0.1, 0.15) is 0 Å². The maximum absolute atomic E-state index is 13.4. The number of halogens is 1. The Labute approximate surface area is 116 Å². The fourth-order valence-corrected chi connectivity index (χ4v) is 2.02. The summed E-state index contributed by atoms with van der Waals surface area (Å²) in [7, 11) is 0. The average Bonchev–Trinajstić information content (AvgIpc) is 3.26. The maximum Gasteiger partial charge on any atom is 0.251 e. The van der Waals surface area contributed by atoms with E-state index in [9.17, 15) is 14.3 Å². The Bertz CT molecular complexity index is 665. The molecular formula is C16H14FNO2. The molecule has 2 aromatic carbocycles. The quantitative estimate of drug-likeness (QED) is 0.901. The van der Waals surface area contributed by atoms with Gasteiger partial charge >= 0.3 is 0 Å². The van der Waals surface area contributed by atoms with Crippen LogP contribution in [-0.2, 0) is 0 Å². The van der Waals surface area contributed by atoms with Crippen LogP contribution in [0.3, 0.4) is 0 Å². The molecule has 4 heteroatoms. The maximum atomic E-state index is 13.4. The summed E-state index contributed by atoms with van der Waals surface area (Å²) in [5.41, 5.74) is 1.93. The van der Waals surface area contributed by atoms with E-state index in [1.807, 2.05) is 0 Å². The van der Waals surface area contributed by atoms with Crippen molar-refractivity contribution in [3.05, 3.63) is 53.8 Å². The first-order chi connectivity index (χ1) is 9.63. The summed E-state index contributed by atoms with van der Waals surface area (Å²) in [5, 5.41) is 12.1. The van der Waals surface area contributed by atoms with Crippen LogP contribution in [0.2, 0.25) is 0 Å². The summed E-state index contributed by atoms with van der Waals surface area (Å²) < 4.78 is 13.4. The molecule has 2 N–H and O–H groups in total. The van der Waals surface area contributed by atoms with E-state index in [2.05, 4.69) is 5.32 Å². The average molecular weight is 271 g/mol. The Kier molecular flexibility index (Phi) is 3.14. The van der Waals surface area contributed by atoms with E-state index in [4.69, 9.17) is 0 Å². The number of carbonyl (C=O) groups excluding carboxylic acids is 1. The molecule has 1 aliphatic carbocycles. The lowest BCUT2D eigenvalue weighted by Gasteiger charge is -2.07. The van der Waals surface area contributed by atoms with Gasteiger partial charge in [-0.3, -0.25) is 4.79 Å². The first kappa shape index (κ1) is 12.7. The lowest BCUT2D eigenvalue weighted by Crippen LogP contribution is -2.25. The summed E-state index contributed by atoms with van der Waals surface area (Å²) in [6, 6.07) is 11.5. The lowest BCUT2D eigenvalue weighted by atomic mass is 10.0. The largest absolute Gasteiger partial charge is 0.505 e. The van der Waals surface area contributed by atoms with E-state index in [1.54, 1.807) is 30.3 Å². The standard InChI is InChI=1S/C16H14FNO2/c17-14-9-11(4-7-15(14)19)10-2-1-3-12(8-10)16(20)18-13-5-6-13/h1-4,7-9,13,19H,5-6H2,(H,18,20). The Morgan fingerprint density at radius 2 is 1.90 bits per heavy atom. The number of phenols is 1. The van der Waals surface area contributed by atoms with Crippen molar-refractivity contribution in [2.75, 3.05) is 0 Å². The summed E-state index contributed by atoms with van der Waals surface area (Å²) in [6.07, 6.45) is 2.07. The van der Waals surface area contributed by atoms with Crippen molar-refractivity contribution in [1.82, 2.24) is 5.32 Å². The lowest BCUT2D eigenvalue weighted by molar-refractivity contribution is 0.0951. The fraction of sp³-hybridized carbons (Fsp3) is 0.188. The van der Waals surface area contributed by atoms with Gasteiger partial charge in [-0.1, -0.05) is 18.2 Å². The molecule has 1 amide bonds. The molecule has 0 saturated heterocycles. The molecule has 20 heavy (non-hydrogen) atoms. The zero-order chi connectivity index (χ0) is 14.1. The number of aromatic hydroxyl groups is 1. The molecule has 2 aromatic rings. The van der Waals surface area contributed by atoms with Crippen LogP contribution >= 0.6 is 0 Å². The normalized spacial score (nSPS) is 14.1. The second kappa shape index (κ2) is 4.96. The van der Waals surface area contributed by atoms with Crippen LogP contribution in [0.4, 0.5) is 4.39 Å². The van der Waals surface area contributed by atoms with Crippen LogP contribution in [-0.4, -0.2) is 17.1 Å². The van der Waals surface area contributed by atoms with Gasteiger partial charge in [-0.2, -0.15) is 0 Å². The smallest absolute Gasteiger partial charge is 0.251 e. The summed E-state index contributed by atoms with van der Waals surface area (Å²) >= 11 is 0. The van der Waals surface area contributed by atoms with Crippen LogP contribution in [0.1, 0.15) is 23.2 Å². The van der Waals surface area contributed by atoms with Crippen molar-refractivity contribution >= 4 is 5.91 Å². The van der Waals surface area contributed by atoms with E-state index in [0.29, 0.717) is 17.2 Å². The van der Waals surface area contributed by atoms with Crippen LogP contribution in [0.5, 0.6) is 5.75 Å². The number of nitrogens with one attached hydrogen (secondary N) is 1. The molecule has 102 valence electrons. The van der Waals surface area contributed by atoms with Crippen LogP contribution in [0.15, 0.2) is 42.5 Å². The minimum atomic E-state index is -0.671. The predicted octanol–water partition coefficient (Wildman–Crippen LogP) is 3.09. The second-order valence-corrected chi connectivity index (χ2v) is 4.99. The SMILES string of the molecule is O=C(NC1CC1)c1cccc(-c2ccc(O)c(F)c2)c1. The molecule has 1 saturated carbocycles. The predicted molar refractivity (Wildman–Crippen MR) is 74.0 cm³/mol. The number of rotatable bonds is 3. The molecule has 3 nitrogen and oxygen atoms in total. The van der Waals surface area contributed by atoms with Gasteiger partial charge in [0.25, 0.3) is 5.91 Å². The van der Waals surface area contributed by atoms with Crippen LogP contribution < -0.4 is 5.32 Å². The minimum Gasteiger partial charge on any atom is -0.505 e. The molecule has 0 radical (unpaired) electrons. The number of hydrogen-bond donors (Lipinski definition) is 2. The van der Waals surface area contributed by atoms with Gasteiger partial charge in [0.15, 0.2) is 11.6 Å². The van der Waals surface area contributed by atoms with Crippen molar-refractivity contribution in [2.24, 2.45) is 0 Å². The topological polar surface area (TPSA) is 49.3 Å². The van der Waals surface area contributed by atoms with Gasteiger partial charge < -0.3 is 10.4 Å². The van der Waals surface area contributed by atoms with Crippen LogP contribution in [0, 0.1) is 5.82 Å². The van der Waals surface area contributed by atoms with Gasteiger partial charge in [0.2, 0.25) is 0 Å². The summed E-state index contributed by atoms with van der Waals surface area (Å²) in [6.45, 7) is 0. The fourth-order valence-electron chi connectivity index (χ4n) is 2.02. The van der Waals surface area contributed by atoms with Gasteiger partial charge in [-0.25, -0.2) is 4.39 Å². The molecular weight excluding hydrogens is 257 g/mol. The molecule has 0 aliphatic heterocycles. The molecule has 0 aromatic heterocycles. The van der Waals surface area contributed by atoms with Gasteiger partial charge in [-0.15, -0.1) is 0 Å². The zero-order valence-corrected chi connectivity index (χ0v) is 10.8. The first-order valence-electron chi connectivity index (χ1n) is 6.53. The highest BCUT2D eigenvalue weighted by molar-refractivity contribution is 5.95. The number of amides is 1. The van der Waals surface area contributed by atoms with Crippen molar-refractivity contribution in [2.45, 2.75) is 18.9 Å². The third kappa shape index (κ3) is 2.64. The van der Waals surface area contributed by atoms with Crippen molar-refractivity contribution in [3.8, 4) is 16.9 Å². The highest BCUT2D eigenvalue weighted by Gasteiger charge is 2.23. The van der Waals surface area contributed by atoms with Crippen molar-refractivity contribution in [3.63, 3.8) is 0 Å².